The van der Waals surface area contributed by atoms with Gasteiger partial charge in [-0.1, -0.05) is 18.2 Å². The molecule has 3 aromatic heterocycles. The Bertz CT molecular complexity index is 1050. The van der Waals surface area contributed by atoms with Gasteiger partial charge < -0.3 is 9.40 Å². The first kappa shape index (κ1) is 12.2. The molecule has 6 heteroatoms. The van der Waals surface area contributed by atoms with Gasteiger partial charge in [0.2, 0.25) is 0 Å². The van der Waals surface area contributed by atoms with Crippen LogP contribution in [0.4, 0.5) is 0 Å². The van der Waals surface area contributed by atoms with E-state index in [1.165, 1.54) is 17.6 Å². The first-order valence-electron chi connectivity index (χ1n) is 6.41. The zero-order valence-electron chi connectivity index (χ0n) is 10.8. The Hall–Kier alpha value is -2.60. The van der Waals surface area contributed by atoms with Gasteiger partial charge in [-0.2, -0.15) is 0 Å². The van der Waals surface area contributed by atoms with Crippen molar-refractivity contribution in [2.24, 2.45) is 0 Å². The van der Waals surface area contributed by atoms with Crippen molar-refractivity contribution in [2.75, 3.05) is 0 Å². The van der Waals surface area contributed by atoms with E-state index >= 15 is 0 Å². The number of hydrogen-bond acceptors (Lipinski definition) is 4. The first-order chi connectivity index (χ1) is 10.2. The summed E-state index contributed by atoms with van der Waals surface area (Å²) in [7, 11) is 0. The first-order valence-corrected chi connectivity index (χ1v) is 7.22. The summed E-state index contributed by atoms with van der Waals surface area (Å²) in [5.41, 5.74) is -0.0971. The maximum absolute atomic E-state index is 12.6. The lowest BCUT2D eigenvalue weighted by atomic mass is 10.2. The average Bonchev–Trinajstić information content (AvgIpc) is 3.11. The highest BCUT2D eigenvalue weighted by Gasteiger charge is 2.13. The van der Waals surface area contributed by atoms with Crippen molar-refractivity contribution in [3.8, 4) is 0 Å². The molecule has 0 atom stereocenters. The number of aromatic nitrogens is 2. The highest BCUT2D eigenvalue weighted by molar-refractivity contribution is 7.25. The quantitative estimate of drug-likeness (QED) is 0.618. The molecule has 0 bridgehead atoms. The van der Waals surface area contributed by atoms with Crippen LogP contribution in [0.3, 0.4) is 0 Å². The predicted molar refractivity (Wildman–Crippen MR) is 82.0 cm³/mol. The van der Waals surface area contributed by atoms with Crippen molar-refractivity contribution < 1.29 is 4.42 Å². The van der Waals surface area contributed by atoms with Gasteiger partial charge in [0.25, 0.3) is 5.56 Å². The average molecular weight is 298 g/mol. The maximum Gasteiger partial charge on any atom is 0.329 e. The molecule has 0 saturated heterocycles. The Balaban J connectivity index is 2.03. The Kier molecular flexibility index (Phi) is 2.58. The number of furan rings is 1. The summed E-state index contributed by atoms with van der Waals surface area (Å²) in [6, 6.07) is 11.1. The molecule has 0 aliphatic heterocycles. The molecule has 0 radical (unpaired) electrons. The maximum atomic E-state index is 12.6. The Morgan fingerprint density at radius 2 is 2.00 bits per heavy atom. The molecule has 0 spiro atoms. The lowest BCUT2D eigenvalue weighted by Crippen LogP contribution is -2.34. The predicted octanol–water partition coefficient (Wildman–Crippen LogP) is 2.55. The molecule has 4 rings (SSSR count). The van der Waals surface area contributed by atoms with Gasteiger partial charge in [-0.05, 0) is 18.2 Å². The molecule has 21 heavy (non-hydrogen) atoms. The summed E-state index contributed by atoms with van der Waals surface area (Å²) in [6.07, 6.45) is 1.52. The van der Waals surface area contributed by atoms with Gasteiger partial charge in [0.1, 0.15) is 10.5 Å². The fourth-order valence-electron chi connectivity index (χ4n) is 2.41. The minimum atomic E-state index is -0.424. The van der Waals surface area contributed by atoms with Gasteiger partial charge in [0.05, 0.1) is 18.3 Å². The van der Waals surface area contributed by atoms with Crippen LogP contribution in [0.2, 0.25) is 0 Å². The second-order valence-electron chi connectivity index (χ2n) is 4.70. The number of benzene rings is 1. The summed E-state index contributed by atoms with van der Waals surface area (Å²) in [6.45, 7) is 0.130. The van der Waals surface area contributed by atoms with E-state index in [9.17, 15) is 9.59 Å². The molecule has 0 unspecified atom stereocenters. The molecule has 1 aromatic carbocycles. The fourth-order valence-corrected chi connectivity index (χ4v) is 3.52. The molecular weight excluding hydrogens is 288 g/mol. The van der Waals surface area contributed by atoms with Crippen molar-refractivity contribution >= 4 is 31.6 Å². The van der Waals surface area contributed by atoms with Gasteiger partial charge in [-0.15, -0.1) is 11.3 Å². The van der Waals surface area contributed by atoms with Gasteiger partial charge in [-0.3, -0.25) is 9.36 Å². The number of H-pyrrole nitrogens is 1. The van der Waals surface area contributed by atoms with Gasteiger partial charge in [0, 0.05) is 10.1 Å². The largest absolute Gasteiger partial charge is 0.467 e. The standard InChI is InChI=1S/C15H10N2O3S/c18-14-13-12(10-5-1-2-6-11(10)21-13)16-15(19)17(14)8-9-4-3-7-20-9/h1-7H,8H2,(H,16,19). The van der Waals surface area contributed by atoms with Crippen LogP contribution in [0.1, 0.15) is 5.76 Å². The van der Waals surface area contributed by atoms with Crippen LogP contribution >= 0.6 is 11.3 Å². The van der Waals surface area contributed by atoms with E-state index < -0.39 is 5.69 Å². The van der Waals surface area contributed by atoms with Gasteiger partial charge in [0.15, 0.2) is 0 Å². The molecule has 104 valence electrons. The molecule has 0 aliphatic rings. The molecule has 1 N–H and O–H groups in total. The minimum absolute atomic E-state index is 0.130. The lowest BCUT2D eigenvalue weighted by Gasteiger charge is -2.02. The zero-order valence-corrected chi connectivity index (χ0v) is 11.6. The third kappa shape index (κ3) is 1.84. The second-order valence-corrected chi connectivity index (χ2v) is 5.76. The molecule has 3 heterocycles. The van der Waals surface area contributed by atoms with Crippen LogP contribution in [0.25, 0.3) is 20.3 Å². The Morgan fingerprint density at radius 1 is 1.14 bits per heavy atom. The third-order valence-corrected chi connectivity index (χ3v) is 4.56. The van der Waals surface area contributed by atoms with Crippen molar-refractivity contribution in [3.63, 3.8) is 0 Å². The molecule has 0 saturated carbocycles. The zero-order chi connectivity index (χ0) is 14.4. The SMILES string of the molecule is O=c1[nH]c2c(sc3ccccc32)c(=O)n1Cc1ccco1. The van der Waals surface area contributed by atoms with Crippen LogP contribution in [0.15, 0.2) is 56.7 Å². The summed E-state index contributed by atoms with van der Waals surface area (Å²) in [5, 5.41) is 0.900. The van der Waals surface area contributed by atoms with Crippen LogP contribution in [0, 0.1) is 0 Å². The van der Waals surface area contributed by atoms with Crippen LogP contribution in [-0.2, 0) is 6.54 Å². The van der Waals surface area contributed by atoms with Crippen molar-refractivity contribution in [1.29, 1.82) is 0 Å². The highest BCUT2D eigenvalue weighted by atomic mass is 32.1. The van der Waals surface area contributed by atoms with E-state index in [1.54, 1.807) is 12.1 Å². The third-order valence-electron chi connectivity index (χ3n) is 3.41. The number of thiophene rings is 1. The topological polar surface area (TPSA) is 68.0 Å². The monoisotopic (exact) mass is 298 g/mol. The summed E-state index contributed by atoms with van der Waals surface area (Å²) in [4.78, 5) is 27.6. The number of aromatic amines is 1. The molecule has 4 aromatic rings. The number of hydrogen-bond donors (Lipinski definition) is 1. The van der Waals surface area contributed by atoms with Crippen LogP contribution in [-0.4, -0.2) is 9.55 Å². The Labute approximate surface area is 122 Å². The molecule has 0 fully saturated rings. The van der Waals surface area contributed by atoms with E-state index in [1.807, 2.05) is 24.3 Å². The lowest BCUT2D eigenvalue weighted by molar-refractivity contribution is 0.485. The van der Waals surface area contributed by atoms with E-state index in [-0.39, 0.29) is 12.1 Å². The Morgan fingerprint density at radius 3 is 2.81 bits per heavy atom. The smallest absolute Gasteiger partial charge is 0.329 e. The van der Waals surface area contributed by atoms with E-state index in [0.29, 0.717) is 16.0 Å². The van der Waals surface area contributed by atoms with Gasteiger partial charge >= 0.3 is 5.69 Å². The summed E-state index contributed by atoms with van der Waals surface area (Å²) < 4.78 is 7.91. The van der Waals surface area contributed by atoms with E-state index in [2.05, 4.69) is 4.98 Å². The fraction of sp³-hybridized carbons (Fsp3) is 0.0667. The molecule has 0 amide bonds. The van der Waals surface area contributed by atoms with Crippen LogP contribution in [0.5, 0.6) is 0 Å². The highest BCUT2D eigenvalue weighted by Crippen LogP contribution is 2.29. The number of nitrogens with one attached hydrogen (secondary N) is 1. The number of fused-ring (bicyclic) bond motifs is 3. The van der Waals surface area contributed by atoms with E-state index in [4.69, 9.17) is 4.42 Å². The molecule has 5 nitrogen and oxygen atoms in total. The van der Waals surface area contributed by atoms with Crippen molar-refractivity contribution in [1.82, 2.24) is 9.55 Å². The summed E-state index contributed by atoms with van der Waals surface area (Å²) >= 11 is 1.39. The van der Waals surface area contributed by atoms with E-state index in [0.717, 1.165) is 14.7 Å². The van der Waals surface area contributed by atoms with Gasteiger partial charge in [-0.25, -0.2) is 4.79 Å². The molecular formula is C15H10N2O3S. The van der Waals surface area contributed by atoms with Crippen molar-refractivity contribution in [2.45, 2.75) is 6.54 Å². The normalized spacial score (nSPS) is 11.4. The molecule has 0 aliphatic carbocycles. The number of rotatable bonds is 2. The second kappa shape index (κ2) is 4.46. The van der Waals surface area contributed by atoms with Crippen molar-refractivity contribution in [3.05, 3.63) is 69.3 Å². The number of nitrogens with zero attached hydrogens (tertiary/aromatic N) is 1. The van der Waals surface area contributed by atoms with Crippen LogP contribution < -0.4 is 11.2 Å². The summed E-state index contributed by atoms with van der Waals surface area (Å²) in [5.74, 6) is 0.572. The minimum Gasteiger partial charge on any atom is -0.467 e.